The van der Waals surface area contributed by atoms with Crippen molar-refractivity contribution in [3.63, 3.8) is 0 Å². The van der Waals surface area contributed by atoms with Crippen molar-refractivity contribution in [3.05, 3.63) is 68.5 Å². The van der Waals surface area contributed by atoms with E-state index in [-0.39, 0.29) is 11.1 Å². The molecule has 1 aliphatic rings. The van der Waals surface area contributed by atoms with Crippen LogP contribution in [-0.4, -0.2) is 22.6 Å². The van der Waals surface area contributed by atoms with Crippen LogP contribution in [0.2, 0.25) is 10.0 Å². The number of hydrogen-bond acceptors (Lipinski definition) is 4. The number of ether oxygens (including phenoxy) is 1. The summed E-state index contributed by atoms with van der Waals surface area (Å²) in [6.45, 7) is 2.67. The van der Waals surface area contributed by atoms with Crippen molar-refractivity contribution in [3.8, 4) is 5.75 Å². The first-order valence-electron chi connectivity index (χ1n) is 8.40. The molecule has 2 aromatic carbocycles. The highest BCUT2D eigenvalue weighted by atomic mass is 35.5. The average molecular weight is 422 g/mol. The molecule has 0 aromatic heterocycles. The van der Waals surface area contributed by atoms with Gasteiger partial charge in [-0.15, -0.1) is 0 Å². The second-order valence-corrected chi connectivity index (χ2v) is 7.73. The summed E-state index contributed by atoms with van der Waals surface area (Å²) in [5, 5.41) is 0.433. The van der Waals surface area contributed by atoms with E-state index in [9.17, 15) is 9.59 Å². The summed E-state index contributed by atoms with van der Waals surface area (Å²) >= 11 is 13.6. The van der Waals surface area contributed by atoms with Crippen LogP contribution in [0.4, 0.5) is 4.79 Å². The number of nitrogens with zero attached hydrogens (tertiary/aromatic N) is 1. The minimum absolute atomic E-state index is 0.256. The van der Waals surface area contributed by atoms with Gasteiger partial charge in [-0.25, -0.2) is 0 Å². The monoisotopic (exact) mass is 421 g/mol. The minimum Gasteiger partial charge on any atom is -0.486 e. The average Bonchev–Trinajstić information content (AvgIpc) is 2.90. The Morgan fingerprint density at radius 1 is 1.11 bits per heavy atom. The molecule has 140 valence electrons. The van der Waals surface area contributed by atoms with E-state index in [0.717, 1.165) is 23.7 Å². The summed E-state index contributed by atoms with van der Waals surface area (Å²) in [4.78, 5) is 25.9. The van der Waals surface area contributed by atoms with Gasteiger partial charge in [0.2, 0.25) is 0 Å². The second-order valence-electron chi connectivity index (χ2n) is 5.92. The molecule has 3 rings (SSSR count). The SMILES string of the molecule is CCCN1C(=O)S/C(=C/c2cc(Cl)c(OCc3ccccc3)c(Cl)c2)C1=O. The van der Waals surface area contributed by atoms with E-state index >= 15 is 0 Å². The largest absolute Gasteiger partial charge is 0.486 e. The molecule has 1 saturated heterocycles. The van der Waals surface area contributed by atoms with Crippen LogP contribution in [0, 0.1) is 0 Å². The molecular formula is C20H17Cl2NO3S. The van der Waals surface area contributed by atoms with Gasteiger partial charge in [0.15, 0.2) is 5.75 Å². The highest BCUT2D eigenvalue weighted by Crippen LogP contribution is 2.37. The number of carbonyl (C=O) groups excluding carboxylic acids is 2. The van der Waals surface area contributed by atoms with Gasteiger partial charge in [0.25, 0.3) is 11.1 Å². The Morgan fingerprint density at radius 3 is 2.41 bits per heavy atom. The van der Waals surface area contributed by atoms with Crippen LogP contribution in [0.3, 0.4) is 0 Å². The molecule has 1 aliphatic heterocycles. The maximum Gasteiger partial charge on any atom is 0.293 e. The van der Waals surface area contributed by atoms with E-state index in [1.807, 2.05) is 37.3 Å². The zero-order valence-corrected chi connectivity index (χ0v) is 16.9. The molecule has 2 aromatic rings. The van der Waals surface area contributed by atoms with Crippen molar-refractivity contribution < 1.29 is 14.3 Å². The quantitative estimate of drug-likeness (QED) is 0.534. The van der Waals surface area contributed by atoms with Crippen LogP contribution in [0.1, 0.15) is 24.5 Å². The Balaban J connectivity index is 1.78. The molecule has 1 fully saturated rings. The fourth-order valence-corrected chi connectivity index (χ4v) is 4.08. The lowest BCUT2D eigenvalue weighted by molar-refractivity contribution is -0.122. The fourth-order valence-electron chi connectivity index (χ4n) is 2.60. The molecule has 4 nitrogen and oxygen atoms in total. The predicted molar refractivity (Wildman–Crippen MR) is 110 cm³/mol. The standard InChI is InChI=1S/C20H17Cl2NO3S/c1-2-8-23-19(24)17(27-20(23)25)11-14-9-15(21)18(16(22)10-14)26-12-13-6-4-3-5-7-13/h3-7,9-11H,2,8,12H2,1H3/b17-11+. The van der Waals surface area contributed by atoms with E-state index in [0.29, 0.717) is 39.4 Å². The first-order valence-corrected chi connectivity index (χ1v) is 9.98. The molecule has 0 atom stereocenters. The zero-order valence-electron chi connectivity index (χ0n) is 14.6. The third-order valence-corrected chi connectivity index (χ3v) is 5.33. The molecule has 0 aliphatic carbocycles. The Bertz CT molecular complexity index is 876. The summed E-state index contributed by atoms with van der Waals surface area (Å²) in [5.74, 6) is 0.0990. The smallest absolute Gasteiger partial charge is 0.293 e. The Kier molecular flexibility index (Phi) is 6.47. The number of thioether (sulfide) groups is 1. The molecule has 0 spiro atoms. The van der Waals surface area contributed by atoms with E-state index in [1.165, 1.54) is 4.90 Å². The van der Waals surface area contributed by atoms with E-state index < -0.39 is 0 Å². The summed E-state index contributed by atoms with van der Waals surface area (Å²) in [5.41, 5.74) is 1.64. The second kappa shape index (κ2) is 8.83. The number of hydrogen-bond donors (Lipinski definition) is 0. The van der Waals surface area contributed by atoms with Crippen molar-refractivity contribution >= 4 is 52.2 Å². The van der Waals surface area contributed by atoms with Gasteiger partial charge < -0.3 is 4.74 Å². The van der Waals surface area contributed by atoms with Gasteiger partial charge in [0.1, 0.15) is 6.61 Å². The predicted octanol–water partition coefficient (Wildman–Crippen LogP) is 6.02. The number of amides is 2. The van der Waals surface area contributed by atoms with E-state index in [2.05, 4.69) is 0 Å². The lowest BCUT2D eigenvalue weighted by Crippen LogP contribution is -2.28. The van der Waals surface area contributed by atoms with Crippen LogP contribution < -0.4 is 4.74 Å². The van der Waals surface area contributed by atoms with Gasteiger partial charge in [0.05, 0.1) is 15.0 Å². The van der Waals surface area contributed by atoms with Crippen LogP contribution in [0.15, 0.2) is 47.4 Å². The zero-order chi connectivity index (χ0) is 19.4. The Labute approximate surface area is 172 Å². The Hall–Kier alpha value is -1.95. The number of carbonyl (C=O) groups is 2. The molecule has 7 heteroatoms. The molecular weight excluding hydrogens is 405 g/mol. The molecule has 0 N–H and O–H groups in total. The van der Waals surface area contributed by atoms with E-state index in [1.54, 1.807) is 18.2 Å². The summed E-state index contributed by atoms with van der Waals surface area (Å²) in [6, 6.07) is 13.0. The van der Waals surface area contributed by atoms with Gasteiger partial charge in [0, 0.05) is 6.54 Å². The van der Waals surface area contributed by atoms with Crippen LogP contribution >= 0.6 is 35.0 Å². The lowest BCUT2D eigenvalue weighted by Gasteiger charge is -2.11. The van der Waals surface area contributed by atoms with Gasteiger partial charge in [-0.2, -0.15) is 0 Å². The number of benzene rings is 2. The summed E-state index contributed by atoms with van der Waals surface area (Å²) < 4.78 is 5.75. The highest BCUT2D eigenvalue weighted by Gasteiger charge is 2.34. The normalized spacial score (nSPS) is 15.7. The first kappa shape index (κ1) is 19.8. The summed E-state index contributed by atoms with van der Waals surface area (Å²) in [6.07, 6.45) is 2.34. The minimum atomic E-state index is -0.288. The molecule has 0 radical (unpaired) electrons. The van der Waals surface area contributed by atoms with Crippen molar-refractivity contribution in [2.75, 3.05) is 6.54 Å². The highest BCUT2D eigenvalue weighted by molar-refractivity contribution is 8.18. The summed E-state index contributed by atoms with van der Waals surface area (Å²) in [7, 11) is 0. The van der Waals surface area contributed by atoms with Crippen molar-refractivity contribution in [2.45, 2.75) is 20.0 Å². The van der Waals surface area contributed by atoms with Crippen LogP contribution in [-0.2, 0) is 11.4 Å². The van der Waals surface area contributed by atoms with Gasteiger partial charge in [-0.3, -0.25) is 14.5 Å². The topological polar surface area (TPSA) is 46.6 Å². The van der Waals surface area contributed by atoms with Gasteiger partial charge in [-0.05, 0) is 47.5 Å². The van der Waals surface area contributed by atoms with Gasteiger partial charge in [-0.1, -0.05) is 60.5 Å². The van der Waals surface area contributed by atoms with Crippen molar-refractivity contribution in [1.82, 2.24) is 4.90 Å². The molecule has 1 heterocycles. The van der Waals surface area contributed by atoms with Gasteiger partial charge >= 0.3 is 0 Å². The molecule has 0 saturated carbocycles. The van der Waals surface area contributed by atoms with Crippen molar-refractivity contribution in [1.29, 1.82) is 0 Å². The maximum atomic E-state index is 12.3. The number of rotatable bonds is 6. The number of imide groups is 1. The van der Waals surface area contributed by atoms with Crippen LogP contribution in [0.5, 0.6) is 5.75 Å². The Morgan fingerprint density at radius 2 is 1.78 bits per heavy atom. The third-order valence-electron chi connectivity index (χ3n) is 3.87. The lowest BCUT2D eigenvalue weighted by atomic mass is 10.2. The first-order chi connectivity index (χ1) is 13.0. The third kappa shape index (κ3) is 4.67. The molecule has 0 unspecified atom stereocenters. The van der Waals surface area contributed by atoms with Crippen LogP contribution in [0.25, 0.3) is 6.08 Å². The molecule has 2 amide bonds. The van der Waals surface area contributed by atoms with E-state index in [4.69, 9.17) is 27.9 Å². The molecule has 0 bridgehead atoms. The molecule has 27 heavy (non-hydrogen) atoms. The fraction of sp³-hybridized carbons (Fsp3) is 0.200. The number of halogens is 2. The van der Waals surface area contributed by atoms with Crippen molar-refractivity contribution in [2.24, 2.45) is 0 Å². The maximum absolute atomic E-state index is 12.3.